The standard InChI is InChI=1S/C18H13Cl3N2O3/c1-25-16-6-10(14(20)8-17(16)26-2)5-11(9-22)18(24)23-12-3-4-13(19)15(21)7-12/h3-8H,1-2H3,(H,23,24)/b11-5+. The molecule has 0 saturated carbocycles. The fourth-order valence-corrected chi connectivity index (χ4v) is 2.56. The summed E-state index contributed by atoms with van der Waals surface area (Å²) < 4.78 is 10.4. The van der Waals surface area contributed by atoms with E-state index < -0.39 is 5.91 Å². The van der Waals surface area contributed by atoms with Gasteiger partial charge in [-0.2, -0.15) is 5.26 Å². The third-order valence-electron chi connectivity index (χ3n) is 3.35. The Morgan fingerprint density at radius 1 is 1.04 bits per heavy atom. The molecule has 5 nitrogen and oxygen atoms in total. The molecule has 0 atom stereocenters. The quantitative estimate of drug-likeness (QED) is 0.541. The molecule has 0 spiro atoms. The van der Waals surface area contributed by atoms with Gasteiger partial charge in [0.15, 0.2) is 11.5 Å². The number of halogens is 3. The molecule has 0 aliphatic heterocycles. The maximum atomic E-state index is 12.4. The van der Waals surface area contributed by atoms with E-state index in [-0.39, 0.29) is 10.6 Å². The van der Waals surface area contributed by atoms with E-state index in [9.17, 15) is 10.1 Å². The normalized spacial score (nSPS) is 10.8. The van der Waals surface area contributed by atoms with Crippen molar-refractivity contribution >= 4 is 52.5 Å². The summed E-state index contributed by atoms with van der Waals surface area (Å²) in [6.07, 6.45) is 1.36. The highest BCUT2D eigenvalue weighted by Crippen LogP contribution is 2.34. The van der Waals surface area contributed by atoms with Crippen molar-refractivity contribution in [2.45, 2.75) is 0 Å². The number of anilines is 1. The molecule has 1 amide bonds. The Kier molecular flexibility index (Phi) is 6.76. The number of carbonyl (C=O) groups excluding carboxylic acids is 1. The Morgan fingerprint density at radius 2 is 1.69 bits per heavy atom. The molecular formula is C18H13Cl3N2O3. The average molecular weight is 412 g/mol. The number of nitriles is 1. The Labute approximate surface area is 165 Å². The third kappa shape index (κ3) is 4.61. The highest BCUT2D eigenvalue weighted by Gasteiger charge is 2.14. The van der Waals surface area contributed by atoms with E-state index in [4.69, 9.17) is 44.3 Å². The second-order valence-corrected chi connectivity index (χ2v) is 6.20. The molecule has 0 saturated heterocycles. The predicted octanol–water partition coefficient (Wildman–Crippen LogP) is 5.21. The van der Waals surface area contributed by atoms with Gasteiger partial charge in [-0.15, -0.1) is 0 Å². The van der Waals surface area contributed by atoms with Crippen LogP contribution in [-0.2, 0) is 4.79 Å². The van der Waals surface area contributed by atoms with Crippen molar-refractivity contribution < 1.29 is 14.3 Å². The van der Waals surface area contributed by atoms with Gasteiger partial charge < -0.3 is 14.8 Å². The van der Waals surface area contributed by atoms with Gasteiger partial charge in [-0.25, -0.2) is 0 Å². The van der Waals surface area contributed by atoms with Crippen molar-refractivity contribution in [3.05, 3.63) is 56.5 Å². The first-order chi connectivity index (χ1) is 12.4. The van der Waals surface area contributed by atoms with Crippen LogP contribution in [0.2, 0.25) is 15.1 Å². The molecule has 0 aromatic heterocycles. The van der Waals surface area contributed by atoms with Crippen LogP contribution in [0.3, 0.4) is 0 Å². The molecule has 26 heavy (non-hydrogen) atoms. The van der Waals surface area contributed by atoms with E-state index in [0.29, 0.717) is 32.8 Å². The van der Waals surface area contributed by atoms with Crippen molar-refractivity contribution in [1.29, 1.82) is 5.26 Å². The molecule has 0 heterocycles. The second-order valence-electron chi connectivity index (χ2n) is 4.98. The molecule has 2 aromatic rings. The van der Waals surface area contributed by atoms with Crippen LogP contribution in [0.4, 0.5) is 5.69 Å². The molecule has 0 aliphatic rings. The number of benzene rings is 2. The van der Waals surface area contributed by atoms with Crippen molar-refractivity contribution in [2.75, 3.05) is 19.5 Å². The van der Waals surface area contributed by atoms with Crippen molar-refractivity contribution in [1.82, 2.24) is 0 Å². The van der Waals surface area contributed by atoms with Gasteiger partial charge in [-0.3, -0.25) is 4.79 Å². The first-order valence-corrected chi connectivity index (χ1v) is 8.32. The molecular weight excluding hydrogens is 399 g/mol. The van der Waals surface area contributed by atoms with Gasteiger partial charge in [0, 0.05) is 11.8 Å². The summed E-state index contributed by atoms with van der Waals surface area (Å²) in [7, 11) is 2.95. The molecule has 0 fully saturated rings. The first kappa shape index (κ1) is 19.9. The largest absolute Gasteiger partial charge is 0.493 e. The van der Waals surface area contributed by atoms with Crippen LogP contribution in [-0.4, -0.2) is 20.1 Å². The summed E-state index contributed by atoms with van der Waals surface area (Å²) in [6, 6.07) is 9.57. The third-order valence-corrected chi connectivity index (χ3v) is 4.41. The number of nitrogens with one attached hydrogen (secondary N) is 1. The van der Waals surface area contributed by atoms with Crippen molar-refractivity contribution in [2.24, 2.45) is 0 Å². The smallest absolute Gasteiger partial charge is 0.266 e. The topological polar surface area (TPSA) is 71.3 Å². The summed E-state index contributed by atoms with van der Waals surface area (Å²) in [5.41, 5.74) is 0.694. The SMILES string of the molecule is COc1cc(Cl)c(/C=C(\C#N)C(=O)Nc2ccc(Cl)c(Cl)c2)cc1OC. The van der Waals surface area contributed by atoms with Crippen LogP contribution in [0, 0.1) is 11.3 Å². The maximum Gasteiger partial charge on any atom is 0.266 e. The average Bonchev–Trinajstić information content (AvgIpc) is 2.63. The van der Waals surface area contributed by atoms with Gasteiger partial charge in [0.05, 0.1) is 29.3 Å². The number of amides is 1. The maximum absolute atomic E-state index is 12.4. The highest BCUT2D eigenvalue weighted by molar-refractivity contribution is 6.42. The summed E-state index contributed by atoms with van der Waals surface area (Å²) in [4.78, 5) is 12.4. The molecule has 2 aromatic carbocycles. The number of nitrogens with zero attached hydrogens (tertiary/aromatic N) is 1. The summed E-state index contributed by atoms with van der Waals surface area (Å²) in [6.45, 7) is 0. The number of hydrogen-bond acceptors (Lipinski definition) is 4. The van der Waals surface area contributed by atoms with Crippen LogP contribution in [0.25, 0.3) is 6.08 Å². The first-order valence-electron chi connectivity index (χ1n) is 7.19. The van der Waals surface area contributed by atoms with E-state index in [2.05, 4.69) is 5.32 Å². The Morgan fingerprint density at radius 3 is 2.27 bits per heavy atom. The monoisotopic (exact) mass is 410 g/mol. The van der Waals surface area contributed by atoms with Gasteiger partial charge in [0.25, 0.3) is 5.91 Å². The number of methoxy groups -OCH3 is 2. The zero-order valence-corrected chi connectivity index (χ0v) is 16.0. The van der Waals surface area contributed by atoms with Crippen LogP contribution >= 0.6 is 34.8 Å². The molecule has 1 N–H and O–H groups in total. The van der Waals surface area contributed by atoms with Gasteiger partial charge in [0.1, 0.15) is 11.6 Å². The highest BCUT2D eigenvalue weighted by atomic mass is 35.5. The zero-order chi connectivity index (χ0) is 19.3. The lowest BCUT2D eigenvalue weighted by molar-refractivity contribution is -0.112. The number of carbonyl (C=O) groups is 1. The molecule has 0 radical (unpaired) electrons. The summed E-state index contributed by atoms with van der Waals surface area (Å²) >= 11 is 17.9. The fourth-order valence-electron chi connectivity index (χ4n) is 2.06. The van der Waals surface area contributed by atoms with Crippen LogP contribution in [0.5, 0.6) is 11.5 Å². The molecule has 0 aliphatic carbocycles. The minimum atomic E-state index is -0.614. The second kappa shape index (κ2) is 8.81. The van der Waals surface area contributed by atoms with Gasteiger partial charge in [0.2, 0.25) is 0 Å². The van der Waals surface area contributed by atoms with Crippen LogP contribution in [0.1, 0.15) is 5.56 Å². The lowest BCUT2D eigenvalue weighted by Gasteiger charge is -2.10. The molecule has 0 unspecified atom stereocenters. The van der Waals surface area contributed by atoms with Gasteiger partial charge in [-0.1, -0.05) is 34.8 Å². The minimum Gasteiger partial charge on any atom is -0.493 e. The molecule has 2 rings (SSSR count). The van der Waals surface area contributed by atoms with Crippen LogP contribution in [0.15, 0.2) is 35.9 Å². The number of rotatable bonds is 5. The van der Waals surface area contributed by atoms with E-state index >= 15 is 0 Å². The van der Waals surface area contributed by atoms with E-state index in [1.807, 2.05) is 6.07 Å². The lowest BCUT2D eigenvalue weighted by Crippen LogP contribution is -2.13. The minimum absolute atomic E-state index is 0.148. The van der Waals surface area contributed by atoms with Crippen LogP contribution < -0.4 is 14.8 Å². The summed E-state index contributed by atoms with van der Waals surface area (Å²) in [5.74, 6) is 0.246. The lowest BCUT2D eigenvalue weighted by atomic mass is 10.1. The van der Waals surface area contributed by atoms with Gasteiger partial charge in [-0.05, 0) is 35.9 Å². The van der Waals surface area contributed by atoms with Gasteiger partial charge >= 0.3 is 0 Å². The molecule has 0 bridgehead atoms. The predicted molar refractivity (Wildman–Crippen MR) is 103 cm³/mol. The van der Waals surface area contributed by atoms with E-state index in [0.717, 1.165) is 0 Å². The Bertz CT molecular complexity index is 921. The summed E-state index contributed by atoms with van der Waals surface area (Å²) in [5, 5.41) is 12.9. The molecule has 134 valence electrons. The Hall–Kier alpha value is -2.39. The van der Waals surface area contributed by atoms with Crippen molar-refractivity contribution in [3.8, 4) is 17.6 Å². The number of ether oxygens (including phenoxy) is 2. The van der Waals surface area contributed by atoms with E-state index in [1.165, 1.54) is 32.4 Å². The van der Waals surface area contributed by atoms with E-state index in [1.54, 1.807) is 18.2 Å². The zero-order valence-electron chi connectivity index (χ0n) is 13.8. The molecule has 8 heteroatoms. The Balaban J connectivity index is 2.33. The van der Waals surface area contributed by atoms with Crippen molar-refractivity contribution in [3.63, 3.8) is 0 Å². The fraction of sp³-hybridized carbons (Fsp3) is 0.111. The number of hydrogen-bond donors (Lipinski definition) is 1.